The highest BCUT2D eigenvalue weighted by Gasteiger charge is 2.14. The molecule has 0 heterocycles. The van der Waals surface area contributed by atoms with Crippen LogP contribution in [0.1, 0.15) is 12.8 Å². The summed E-state index contributed by atoms with van der Waals surface area (Å²) in [6.07, 6.45) is -0.305. The van der Waals surface area contributed by atoms with E-state index in [1.54, 1.807) is 7.11 Å². The van der Waals surface area contributed by atoms with Gasteiger partial charge < -0.3 is 18.9 Å². The zero-order valence-corrected chi connectivity index (χ0v) is 9.60. The minimum atomic E-state index is -0.486. The third-order valence-corrected chi connectivity index (χ3v) is 1.76. The van der Waals surface area contributed by atoms with Crippen molar-refractivity contribution in [2.45, 2.75) is 18.9 Å². The Morgan fingerprint density at radius 3 is 2.69 bits per heavy atom. The van der Waals surface area contributed by atoms with Crippen LogP contribution in [0.4, 0.5) is 0 Å². The van der Waals surface area contributed by atoms with Gasteiger partial charge in [0, 0.05) is 7.11 Å². The number of methoxy groups -OCH3 is 2. The lowest BCUT2D eigenvalue weighted by Gasteiger charge is -2.13. The summed E-state index contributed by atoms with van der Waals surface area (Å²) >= 11 is 0. The van der Waals surface area contributed by atoms with Gasteiger partial charge in [-0.1, -0.05) is 0 Å². The van der Waals surface area contributed by atoms with E-state index < -0.39 is 12.1 Å². The molecule has 0 spiro atoms. The van der Waals surface area contributed by atoms with Crippen molar-refractivity contribution in [1.29, 1.82) is 5.26 Å². The Morgan fingerprint density at radius 2 is 2.12 bits per heavy atom. The molecule has 0 rings (SSSR count). The molecule has 16 heavy (non-hydrogen) atoms. The number of rotatable bonds is 9. The van der Waals surface area contributed by atoms with Crippen molar-refractivity contribution in [2.24, 2.45) is 0 Å². The lowest BCUT2D eigenvalue weighted by Crippen LogP contribution is -2.20. The minimum Gasteiger partial charge on any atom is -0.469 e. The van der Waals surface area contributed by atoms with Crippen molar-refractivity contribution < 1.29 is 23.7 Å². The second-order valence-corrected chi connectivity index (χ2v) is 2.95. The van der Waals surface area contributed by atoms with E-state index in [1.807, 2.05) is 6.07 Å². The molecule has 0 fully saturated rings. The maximum Gasteiger partial charge on any atom is 0.308 e. The molecular weight excluding hydrogens is 214 g/mol. The zero-order valence-electron chi connectivity index (χ0n) is 9.60. The Kier molecular flexibility index (Phi) is 9.61. The zero-order chi connectivity index (χ0) is 12.2. The average Bonchev–Trinajstić information content (AvgIpc) is 2.28. The molecule has 0 saturated carbocycles. The molecule has 0 aromatic rings. The number of carbonyl (C=O) groups excluding carboxylic acids is 1. The molecule has 6 heteroatoms. The van der Waals surface area contributed by atoms with E-state index in [0.717, 1.165) is 0 Å². The van der Waals surface area contributed by atoms with Gasteiger partial charge in [-0.3, -0.25) is 4.79 Å². The van der Waals surface area contributed by atoms with E-state index in [-0.39, 0.29) is 19.6 Å². The van der Waals surface area contributed by atoms with Crippen LogP contribution in [-0.2, 0) is 23.7 Å². The van der Waals surface area contributed by atoms with Gasteiger partial charge in [0.15, 0.2) is 0 Å². The first-order chi connectivity index (χ1) is 7.74. The van der Waals surface area contributed by atoms with Crippen LogP contribution in [0.2, 0.25) is 0 Å². The smallest absolute Gasteiger partial charge is 0.308 e. The van der Waals surface area contributed by atoms with Crippen LogP contribution in [0.15, 0.2) is 0 Å². The highest BCUT2D eigenvalue weighted by molar-refractivity contribution is 5.69. The second kappa shape index (κ2) is 10.4. The Labute approximate surface area is 95.0 Å². The third-order valence-electron chi connectivity index (χ3n) is 1.76. The summed E-state index contributed by atoms with van der Waals surface area (Å²) in [5, 5.41) is 8.52. The number of hydrogen-bond donors (Lipinski definition) is 0. The molecule has 0 aliphatic rings. The molecule has 92 valence electrons. The molecule has 0 amide bonds. The predicted octanol–water partition coefficient (Wildman–Crippen LogP) is 0.469. The lowest BCUT2D eigenvalue weighted by molar-refractivity contribution is -0.148. The molecular formula is C10H17NO5. The van der Waals surface area contributed by atoms with Crippen LogP contribution in [0.3, 0.4) is 0 Å². The fourth-order valence-electron chi connectivity index (χ4n) is 0.907. The SMILES string of the molecule is COCCOCOC(CC#N)CC(=O)OC. The van der Waals surface area contributed by atoms with E-state index in [0.29, 0.717) is 13.2 Å². The summed E-state index contributed by atoms with van der Waals surface area (Å²) in [5.74, 6) is -0.405. The normalized spacial score (nSPS) is 11.8. The quantitative estimate of drug-likeness (QED) is 0.326. The summed E-state index contributed by atoms with van der Waals surface area (Å²) in [6.45, 7) is 0.921. The number of hydrogen-bond acceptors (Lipinski definition) is 6. The molecule has 6 nitrogen and oxygen atoms in total. The molecule has 0 N–H and O–H groups in total. The predicted molar refractivity (Wildman–Crippen MR) is 54.4 cm³/mol. The number of carbonyl (C=O) groups is 1. The number of ether oxygens (including phenoxy) is 4. The molecule has 1 atom stereocenters. The van der Waals surface area contributed by atoms with Gasteiger partial charge >= 0.3 is 5.97 Å². The van der Waals surface area contributed by atoms with Gasteiger partial charge in [-0.15, -0.1) is 0 Å². The summed E-state index contributed by atoms with van der Waals surface area (Å²) in [7, 11) is 2.86. The highest BCUT2D eigenvalue weighted by Crippen LogP contribution is 2.04. The van der Waals surface area contributed by atoms with Crippen LogP contribution in [-0.4, -0.2) is 46.3 Å². The average molecular weight is 231 g/mol. The van der Waals surface area contributed by atoms with Crippen LogP contribution < -0.4 is 0 Å². The topological polar surface area (TPSA) is 77.8 Å². The van der Waals surface area contributed by atoms with Gasteiger partial charge in [0.25, 0.3) is 0 Å². The maximum atomic E-state index is 11.0. The highest BCUT2D eigenvalue weighted by atomic mass is 16.7. The number of esters is 1. The van der Waals surface area contributed by atoms with E-state index in [1.165, 1.54) is 7.11 Å². The molecule has 0 aromatic heterocycles. The van der Waals surface area contributed by atoms with Crippen molar-refractivity contribution in [3.8, 4) is 6.07 Å². The fourth-order valence-corrected chi connectivity index (χ4v) is 0.907. The van der Waals surface area contributed by atoms with E-state index >= 15 is 0 Å². The van der Waals surface area contributed by atoms with E-state index in [9.17, 15) is 4.79 Å². The van der Waals surface area contributed by atoms with Crippen LogP contribution in [0.25, 0.3) is 0 Å². The first kappa shape index (κ1) is 14.8. The Bertz CT molecular complexity index is 226. The molecule has 0 aliphatic heterocycles. The Morgan fingerprint density at radius 1 is 1.38 bits per heavy atom. The van der Waals surface area contributed by atoms with Crippen molar-refractivity contribution in [3.05, 3.63) is 0 Å². The molecule has 0 radical (unpaired) electrons. The van der Waals surface area contributed by atoms with E-state index in [4.69, 9.17) is 19.5 Å². The molecule has 0 aliphatic carbocycles. The molecule has 0 aromatic carbocycles. The van der Waals surface area contributed by atoms with Gasteiger partial charge in [-0.25, -0.2) is 0 Å². The van der Waals surface area contributed by atoms with Crippen LogP contribution in [0, 0.1) is 11.3 Å². The van der Waals surface area contributed by atoms with E-state index in [2.05, 4.69) is 4.74 Å². The minimum absolute atomic E-state index is 0.0344. The third kappa shape index (κ3) is 8.17. The number of nitrogens with zero attached hydrogens (tertiary/aromatic N) is 1. The summed E-state index contributed by atoms with van der Waals surface area (Å²) in [6, 6.07) is 1.94. The molecule has 1 unspecified atom stereocenters. The van der Waals surface area contributed by atoms with Crippen molar-refractivity contribution >= 4 is 5.97 Å². The summed E-state index contributed by atoms with van der Waals surface area (Å²) < 4.78 is 19.5. The van der Waals surface area contributed by atoms with Gasteiger partial charge in [0.05, 0.1) is 45.3 Å². The van der Waals surface area contributed by atoms with Crippen LogP contribution in [0.5, 0.6) is 0 Å². The van der Waals surface area contributed by atoms with Gasteiger partial charge in [-0.05, 0) is 0 Å². The Hall–Kier alpha value is -1.16. The monoisotopic (exact) mass is 231 g/mol. The fraction of sp³-hybridized carbons (Fsp3) is 0.800. The molecule has 0 bridgehead atoms. The summed E-state index contributed by atoms with van der Waals surface area (Å²) in [4.78, 5) is 11.0. The first-order valence-electron chi connectivity index (χ1n) is 4.86. The van der Waals surface area contributed by atoms with Gasteiger partial charge in [0.1, 0.15) is 6.79 Å². The summed E-state index contributed by atoms with van der Waals surface area (Å²) in [5.41, 5.74) is 0. The van der Waals surface area contributed by atoms with Crippen molar-refractivity contribution in [2.75, 3.05) is 34.2 Å². The van der Waals surface area contributed by atoms with Crippen molar-refractivity contribution in [1.82, 2.24) is 0 Å². The Balaban J connectivity index is 3.68. The maximum absolute atomic E-state index is 11.0. The lowest BCUT2D eigenvalue weighted by atomic mass is 10.2. The molecule has 0 saturated heterocycles. The first-order valence-corrected chi connectivity index (χ1v) is 4.86. The largest absolute Gasteiger partial charge is 0.469 e. The number of nitriles is 1. The second-order valence-electron chi connectivity index (χ2n) is 2.95. The standard InChI is InChI=1S/C10H17NO5/c1-13-5-6-15-8-16-9(3-4-11)7-10(12)14-2/h9H,3,5-8H2,1-2H3. The van der Waals surface area contributed by atoms with Crippen LogP contribution >= 0.6 is 0 Å². The van der Waals surface area contributed by atoms with Gasteiger partial charge in [0.2, 0.25) is 0 Å². The van der Waals surface area contributed by atoms with Crippen molar-refractivity contribution in [3.63, 3.8) is 0 Å². The van der Waals surface area contributed by atoms with Gasteiger partial charge in [-0.2, -0.15) is 5.26 Å².